The van der Waals surface area contributed by atoms with Crippen molar-refractivity contribution in [3.63, 3.8) is 0 Å². The number of amides is 1. The second-order valence-electron chi connectivity index (χ2n) is 9.66. The molecule has 1 heterocycles. The Morgan fingerprint density at radius 2 is 1.88 bits per heavy atom. The van der Waals surface area contributed by atoms with Crippen LogP contribution in [0.2, 0.25) is 0 Å². The number of phenols is 1. The van der Waals surface area contributed by atoms with Crippen LogP contribution in [0.1, 0.15) is 40.0 Å². The summed E-state index contributed by atoms with van der Waals surface area (Å²) in [7, 11) is -4.15. The number of nitrogens with two attached hydrogens (primary N) is 1. The summed E-state index contributed by atoms with van der Waals surface area (Å²) < 4.78 is 32.8. The SMILES string of the molecule is Cc1cc(OS(N)(=O)=O)ccc1-c1cc(O)cc(CN2CCOC[C@@H]2C(=O)N[C@@H](C)c2ccc(C(=O)O)cc2)c1. The number of ether oxygens (including phenoxy) is 1. The zero-order valence-electron chi connectivity index (χ0n) is 22.0. The number of morpholine rings is 1. The van der Waals surface area contributed by atoms with E-state index in [9.17, 15) is 23.1 Å². The maximum atomic E-state index is 13.2. The van der Waals surface area contributed by atoms with Gasteiger partial charge in [-0.1, -0.05) is 18.2 Å². The maximum Gasteiger partial charge on any atom is 0.380 e. The lowest BCUT2D eigenvalue weighted by molar-refractivity contribution is -0.133. The molecule has 12 heteroatoms. The van der Waals surface area contributed by atoms with Crippen LogP contribution in [0, 0.1) is 6.92 Å². The van der Waals surface area contributed by atoms with E-state index in [1.165, 1.54) is 18.2 Å². The number of nitrogens with zero attached hydrogens (tertiary/aromatic N) is 1. The van der Waals surface area contributed by atoms with Crippen LogP contribution in [-0.2, 0) is 26.4 Å². The van der Waals surface area contributed by atoms with E-state index >= 15 is 0 Å². The van der Waals surface area contributed by atoms with Gasteiger partial charge in [-0.25, -0.2) is 4.79 Å². The number of hydrogen-bond donors (Lipinski definition) is 4. The normalized spacial score (nSPS) is 16.7. The number of carbonyl (C=O) groups excluding carboxylic acids is 1. The molecule has 1 amide bonds. The highest BCUT2D eigenvalue weighted by Gasteiger charge is 2.30. The second kappa shape index (κ2) is 12.0. The quantitative estimate of drug-likeness (QED) is 0.303. The van der Waals surface area contributed by atoms with Crippen molar-refractivity contribution in [2.45, 2.75) is 32.5 Å². The number of carbonyl (C=O) groups is 2. The van der Waals surface area contributed by atoms with Crippen molar-refractivity contribution in [2.24, 2.45) is 5.14 Å². The number of carboxylic acids is 1. The zero-order valence-corrected chi connectivity index (χ0v) is 22.8. The summed E-state index contributed by atoms with van der Waals surface area (Å²) in [4.78, 5) is 26.3. The summed E-state index contributed by atoms with van der Waals surface area (Å²) in [6, 6.07) is 15.3. The van der Waals surface area contributed by atoms with Crippen molar-refractivity contribution < 1.29 is 37.1 Å². The van der Waals surface area contributed by atoms with Crippen LogP contribution >= 0.6 is 0 Å². The molecule has 3 aromatic carbocycles. The van der Waals surface area contributed by atoms with Crippen LogP contribution in [0.25, 0.3) is 11.1 Å². The number of carboxylic acid groups (broad SMARTS) is 1. The van der Waals surface area contributed by atoms with Gasteiger partial charge in [0.2, 0.25) is 5.91 Å². The van der Waals surface area contributed by atoms with Crippen LogP contribution < -0.4 is 14.6 Å². The monoisotopic (exact) mass is 569 g/mol. The number of aromatic carboxylic acids is 1. The minimum Gasteiger partial charge on any atom is -0.508 e. The first-order chi connectivity index (χ1) is 18.9. The van der Waals surface area contributed by atoms with Gasteiger partial charge in [-0.3, -0.25) is 9.69 Å². The first kappa shape index (κ1) is 29.0. The molecule has 0 saturated carbocycles. The van der Waals surface area contributed by atoms with Gasteiger partial charge in [-0.15, -0.1) is 0 Å². The molecule has 1 saturated heterocycles. The molecule has 1 aliphatic rings. The third-order valence-electron chi connectivity index (χ3n) is 6.64. The summed E-state index contributed by atoms with van der Waals surface area (Å²) in [5, 5.41) is 27.5. The summed E-state index contributed by atoms with van der Waals surface area (Å²) >= 11 is 0. The second-order valence-corrected chi connectivity index (χ2v) is 10.8. The number of phenolic OH excluding ortho intramolecular Hbond substituents is 1. The van der Waals surface area contributed by atoms with Crippen molar-refractivity contribution in [1.82, 2.24) is 10.2 Å². The Bertz CT molecular complexity index is 1510. The molecule has 4 rings (SSSR count). The van der Waals surface area contributed by atoms with Gasteiger partial charge < -0.3 is 24.4 Å². The molecule has 11 nitrogen and oxygen atoms in total. The molecule has 0 bridgehead atoms. The van der Waals surface area contributed by atoms with Gasteiger partial charge in [0.15, 0.2) is 0 Å². The fourth-order valence-electron chi connectivity index (χ4n) is 4.68. The lowest BCUT2D eigenvalue weighted by Gasteiger charge is -2.35. The molecular weight excluding hydrogens is 538 g/mol. The maximum absolute atomic E-state index is 13.2. The van der Waals surface area contributed by atoms with Gasteiger partial charge in [0.25, 0.3) is 0 Å². The Morgan fingerprint density at radius 3 is 2.52 bits per heavy atom. The van der Waals surface area contributed by atoms with Gasteiger partial charge >= 0.3 is 16.3 Å². The summed E-state index contributed by atoms with van der Waals surface area (Å²) in [5.41, 5.74) is 3.90. The van der Waals surface area contributed by atoms with Crippen molar-refractivity contribution in [2.75, 3.05) is 19.8 Å². The molecule has 1 aliphatic heterocycles. The molecule has 0 unspecified atom stereocenters. The fourth-order valence-corrected chi connectivity index (χ4v) is 5.05. The molecule has 40 heavy (non-hydrogen) atoms. The molecular formula is C28H31N3O8S. The Hall–Kier alpha value is -3.97. The standard InChI is InChI=1S/C28H31N3O8S/c1-17-11-24(39-40(29,36)37)7-8-25(17)22-12-19(13-23(32)14-22)15-31-9-10-38-16-26(31)27(33)30-18(2)20-3-5-21(6-4-20)28(34)35/h3-8,11-14,18,26,32H,9-10,15-16H2,1-2H3,(H,30,33)(H,34,35)(H2,29,36,37)/t18-,26+/m0/s1. The van der Waals surface area contributed by atoms with Crippen molar-refractivity contribution in [3.8, 4) is 22.6 Å². The lowest BCUT2D eigenvalue weighted by Crippen LogP contribution is -2.53. The van der Waals surface area contributed by atoms with E-state index in [0.29, 0.717) is 30.8 Å². The predicted molar refractivity (Wildman–Crippen MR) is 147 cm³/mol. The summed E-state index contributed by atoms with van der Waals surface area (Å²) in [6.07, 6.45) is 0. The van der Waals surface area contributed by atoms with Gasteiger partial charge in [0.1, 0.15) is 17.5 Å². The Balaban J connectivity index is 1.50. The Labute approximate surface area is 232 Å². The minimum atomic E-state index is -4.15. The Kier molecular flexibility index (Phi) is 8.74. The van der Waals surface area contributed by atoms with Crippen LogP contribution in [0.5, 0.6) is 11.5 Å². The highest BCUT2D eigenvalue weighted by molar-refractivity contribution is 7.84. The molecule has 0 spiro atoms. The van der Waals surface area contributed by atoms with E-state index in [4.69, 9.17) is 19.2 Å². The van der Waals surface area contributed by atoms with E-state index in [1.807, 2.05) is 17.9 Å². The Morgan fingerprint density at radius 1 is 1.15 bits per heavy atom. The molecule has 1 fully saturated rings. The number of rotatable bonds is 9. The fraction of sp³-hybridized carbons (Fsp3) is 0.286. The molecule has 0 aromatic heterocycles. The van der Waals surface area contributed by atoms with Crippen LogP contribution in [0.4, 0.5) is 0 Å². The third kappa shape index (κ3) is 7.36. The smallest absolute Gasteiger partial charge is 0.380 e. The summed E-state index contributed by atoms with van der Waals surface area (Å²) in [6.45, 7) is 5.14. The topological polar surface area (TPSA) is 168 Å². The highest BCUT2D eigenvalue weighted by Crippen LogP contribution is 2.31. The minimum absolute atomic E-state index is 0.0458. The van der Waals surface area contributed by atoms with Gasteiger partial charge in [-0.05, 0) is 84.1 Å². The van der Waals surface area contributed by atoms with Crippen molar-refractivity contribution in [3.05, 3.63) is 82.9 Å². The van der Waals surface area contributed by atoms with Crippen molar-refractivity contribution >= 4 is 22.2 Å². The number of aromatic hydroxyl groups is 1. The van der Waals surface area contributed by atoms with Crippen LogP contribution in [-0.4, -0.2) is 61.2 Å². The number of benzene rings is 3. The zero-order chi connectivity index (χ0) is 29.0. The third-order valence-corrected chi connectivity index (χ3v) is 7.07. The average Bonchev–Trinajstić information content (AvgIpc) is 2.87. The predicted octanol–water partition coefficient (Wildman–Crippen LogP) is 2.73. The number of nitrogens with one attached hydrogen (secondary N) is 1. The van der Waals surface area contributed by atoms with E-state index < -0.39 is 22.3 Å². The average molecular weight is 570 g/mol. The molecule has 2 atom stereocenters. The number of hydrogen-bond acceptors (Lipinski definition) is 8. The van der Waals surface area contributed by atoms with E-state index in [-0.39, 0.29) is 35.6 Å². The van der Waals surface area contributed by atoms with Gasteiger partial charge in [0.05, 0.1) is 24.8 Å². The van der Waals surface area contributed by atoms with Gasteiger partial charge in [-0.2, -0.15) is 13.6 Å². The molecule has 5 N–H and O–H groups in total. The highest BCUT2D eigenvalue weighted by atomic mass is 32.2. The van der Waals surface area contributed by atoms with Gasteiger partial charge in [0, 0.05) is 13.1 Å². The first-order valence-corrected chi connectivity index (χ1v) is 14.0. The van der Waals surface area contributed by atoms with Crippen LogP contribution in [0.3, 0.4) is 0 Å². The molecule has 3 aromatic rings. The van der Waals surface area contributed by atoms with E-state index in [1.54, 1.807) is 43.3 Å². The molecule has 0 aliphatic carbocycles. The van der Waals surface area contributed by atoms with Crippen molar-refractivity contribution in [1.29, 1.82) is 0 Å². The largest absolute Gasteiger partial charge is 0.508 e. The summed E-state index contributed by atoms with van der Waals surface area (Å²) in [5.74, 6) is -1.12. The van der Waals surface area contributed by atoms with Crippen LogP contribution in [0.15, 0.2) is 60.7 Å². The number of aryl methyl sites for hydroxylation is 1. The molecule has 212 valence electrons. The first-order valence-electron chi connectivity index (χ1n) is 12.5. The lowest BCUT2D eigenvalue weighted by atomic mass is 9.98. The molecule has 0 radical (unpaired) electrons. The van der Waals surface area contributed by atoms with E-state index in [0.717, 1.165) is 16.7 Å². The van der Waals surface area contributed by atoms with E-state index in [2.05, 4.69) is 5.32 Å².